The fourth-order valence-corrected chi connectivity index (χ4v) is 16.1. The van der Waals surface area contributed by atoms with E-state index in [-0.39, 0.29) is 72.3 Å². The maximum absolute atomic E-state index is 13.1. The number of aliphatic hydroxyl groups excluding tert-OH is 1. The van der Waals surface area contributed by atoms with Crippen LogP contribution in [-0.4, -0.2) is 220 Å². The second kappa shape index (κ2) is 39.9. The molecule has 4 aromatic heterocycles. The van der Waals surface area contributed by atoms with Gasteiger partial charge in [-0.15, -0.1) is 0 Å². The lowest BCUT2D eigenvalue weighted by Gasteiger charge is -2.44. The molecule has 0 saturated carbocycles. The molecule has 8 aliphatic rings. The van der Waals surface area contributed by atoms with Crippen LogP contribution in [0, 0.1) is 13.8 Å². The van der Waals surface area contributed by atoms with Crippen molar-refractivity contribution in [3.63, 3.8) is 0 Å². The van der Waals surface area contributed by atoms with Gasteiger partial charge < -0.3 is 63.8 Å². The number of aromatic nitrogens is 4. The number of rotatable bonds is 27. The summed E-state index contributed by atoms with van der Waals surface area (Å²) in [6.45, 7) is 13.3. The third-order valence-corrected chi connectivity index (χ3v) is 22.8. The summed E-state index contributed by atoms with van der Waals surface area (Å²) in [6.07, 6.45) is 21.8. The van der Waals surface area contributed by atoms with Crippen molar-refractivity contribution in [3.8, 4) is 11.5 Å². The molecular weight excluding hydrogens is 1550 g/mol. The molecule has 0 bridgehead atoms. The van der Waals surface area contributed by atoms with Gasteiger partial charge in [0.15, 0.2) is 0 Å². The number of anilines is 6. The molecular formula is C91H100N14O16. The lowest BCUT2D eigenvalue weighted by Crippen LogP contribution is -2.54. The van der Waals surface area contributed by atoms with E-state index in [9.17, 15) is 47.9 Å². The molecule has 5 aromatic carbocycles. The molecule has 17 rings (SSSR count). The summed E-state index contributed by atoms with van der Waals surface area (Å²) in [5, 5.41) is 22.8. The fourth-order valence-electron chi connectivity index (χ4n) is 16.1. The number of piperidine rings is 4. The maximum Gasteiger partial charge on any atom is 0.410 e. The van der Waals surface area contributed by atoms with Gasteiger partial charge in [0.05, 0.1) is 59.9 Å². The number of fused-ring (bicyclic) bond motifs is 4. The molecule has 0 aliphatic carbocycles. The van der Waals surface area contributed by atoms with Crippen LogP contribution in [0.4, 0.5) is 39.2 Å². The van der Waals surface area contributed by atoms with Gasteiger partial charge in [-0.05, 0) is 191 Å². The number of likely N-dealkylation sites (tertiary alicyclic amines) is 2. The predicted molar refractivity (Wildman–Crippen MR) is 452 cm³/mol. The number of hydrogen-bond donors (Lipinski definition) is 5. The number of aliphatic hydroxyl groups is 1. The lowest BCUT2D eigenvalue weighted by molar-refractivity contribution is -0.137. The number of pyridine rings is 4. The summed E-state index contributed by atoms with van der Waals surface area (Å²) < 4.78 is 29.9. The van der Waals surface area contributed by atoms with Crippen LogP contribution in [0.3, 0.4) is 0 Å². The summed E-state index contributed by atoms with van der Waals surface area (Å²) in [7, 11) is 1.00. The average Bonchev–Trinajstić information content (AvgIpc) is 1.63. The smallest absolute Gasteiger partial charge is 0.410 e. The molecule has 630 valence electrons. The Labute approximate surface area is 700 Å². The molecule has 0 spiro atoms. The molecule has 8 aliphatic heterocycles. The minimum Gasteiger partial charge on any atom is -0.494 e. The molecule has 30 nitrogen and oxygen atoms in total. The highest BCUT2D eigenvalue weighted by Crippen LogP contribution is 2.37. The van der Waals surface area contributed by atoms with Crippen LogP contribution < -0.4 is 40.5 Å². The van der Waals surface area contributed by atoms with Crippen molar-refractivity contribution in [1.82, 2.24) is 50.2 Å². The van der Waals surface area contributed by atoms with Gasteiger partial charge in [0.1, 0.15) is 48.1 Å². The van der Waals surface area contributed by atoms with Crippen molar-refractivity contribution in [2.75, 3.05) is 99.7 Å². The number of aryl methyl sites for hydroxylation is 2. The Balaban J connectivity index is 0.000000156. The van der Waals surface area contributed by atoms with E-state index < -0.39 is 59.3 Å². The Morgan fingerprint density at radius 3 is 1.45 bits per heavy atom. The van der Waals surface area contributed by atoms with E-state index in [1.165, 1.54) is 23.5 Å². The first-order valence-electron chi connectivity index (χ1n) is 41.4. The number of imide groups is 4. The first-order chi connectivity index (χ1) is 58.9. The summed E-state index contributed by atoms with van der Waals surface area (Å²) in [4.78, 5) is 150. The van der Waals surface area contributed by atoms with E-state index in [4.69, 9.17) is 28.8 Å². The average molecular weight is 1650 g/mol. The zero-order valence-corrected chi connectivity index (χ0v) is 68.1. The van der Waals surface area contributed by atoms with Gasteiger partial charge >= 0.3 is 6.09 Å². The molecule has 5 N–H and O–H groups in total. The van der Waals surface area contributed by atoms with Gasteiger partial charge in [-0.1, -0.05) is 42.5 Å². The Morgan fingerprint density at radius 1 is 0.496 bits per heavy atom. The second-order valence-corrected chi connectivity index (χ2v) is 31.2. The van der Waals surface area contributed by atoms with Gasteiger partial charge in [-0.25, -0.2) is 14.8 Å². The number of unbranched alkanes of at least 4 members (excludes halogenated alkanes) is 4. The van der Waals surface area contributed by atoms with Gasteiger partial charge in [0, 0.05) is 162 Å². The van der Waals surface area contributed by atoms with E-state index >= 15 is 0 Å². The lowest BCUT2D eigenvalue weighted by atomic mass is 10.0. The molecule has 6 saturated heterocycles. The highest BCUT2D eigenvalue weighted by Gasteiger charge is 2.47. The topological polar surface area (TPSA) is 356 Å². The number of hydrogen-bond acceptors (Lipinski definition) is 25. The number of ether oxygens (including phenoxy) is 5. The van der Waals surface area contributed by atoms with Gasteiger partial charge in [-0.2, -0.15) is 0 Å². The third kappa shape index (κ3) is 21.0. The standard InChI is InChI=1S/C41H45N7O6.C31H33N5O3.C18H18N2O6.CH4O/c1-26-22-43-37(44-29-6-5-28-23-42-14-11-27(28)19-29)21-36(26)47-24-32(25-47)54-30-12-16-46(17-13-30)15-3-2-4-18-53-31-7-8-33-34(20-31)41(52)48(40(33)51)35-9-10-38(49)45-39(35)50;1-22-17-33-30(34-26-8-7-25-18-32-12-9-24(25)15-26)16-29(22)36-19-28(20-36)39-27-10-13-35(14-11-27)31(37)38-21-23-5-3-2-4-6-23;21-8-2-1-3-9-26-11-4-5-12-13(10-11)18(25)20(17(12)24)14-6-7-15(22)19-16(14)23;1-2/h5-8,11,14,19-23,30,32,35H,2-4,9-10,12-13,15-18,24-25H2,1H3,(H,43,44)(H,45,49,50);2-9,12,15-18,27-28H,10-11,13-14,19-21H2,1H3,(H,33,34);4-5,8,10,14H,1-3,6-7,9H2,(H,19,22,23);2H,1H3. The van der Waals surface area contributed by atoms with E-state index in [1.807, 2.05) is 79.5 Å². The number of carbonyl (C=O) groups excluding carboxylic acids is 10. The predicted octanol–water partition coefficient (Wildman–Crippen LogP) is 11.1. The SMILES string of the molecule is CO.Cc1cnc(Nc2ccc3cnccc3c2)cc1N1CC(OC2CCN(C(=O)OCc3ccccc3)CC2)C1.Cc1cnc(Nc2ccc3cnccc3c2)cc1N1CC(OC2CCN(CCCCCOc3ccc4c(c3)C(=O)N(C3CCC(=O)NC3=O)C4=O)CC2)C1.O=CCCCCOc1ccc2c(c1)C(=O)N(C1CCC(=O)NC1=O)C2=O. The Hall–Kier alpha value is -12.6. The molecule has 6 fully saturated rings. The summed E-state index contributed by atoms with van der Waals surface area (Å²) >= 11 is 0. The van der Waals surface area contributed by atoms with Crippen LogP contribution in [0.15, 0.2) is 165 Å². The second-order valence-electron chi connectivity index (χ2n) is 31.2. The molecule has 2 atom stereocenters. The molecule has 9 aromatic rings. The van der Waals surface area contributed by atoms with Crippen LogP contribution in [0.1, 0.15) is 148 Å². The van der Waals surface area contributed by atoms with Gasteiger partial charge in [0.2, 0.25) is 23.6 Å². The quantitative estimate of drug-likeness (QED) is 0.0181. The van der Waals surface area contributed by atoms with Gasteiger partial charge in [-0.3, -0.25) is 68.8 Å². The van der Waals surface area contributed by atoms with E-state index in [1.54, 1.807) is 35.4 Å². The zero-order valence-electron chi connectivity index (χ0n) is 68.1. The van der Waals surface area contributed by atoms with Crippen molar-refractivity contribution in [2.24, 2.45) is 0 Å². The number of carbonyl (C=O) groups is 10. The van der Waals surface area contributed by atoms with Crippen molar-refractivity contribution >= 4 is 116 Å². The van der Waals surface area contributed by atoms with Crippen LogP contribution in [-0.2, 0) is 44.8 Å². The highest BCUT2D eigenvalue weighted by atomic mass is 16.6. The van der Waals surface area contributed by atoms with E-state index in [2.05, 4.69) is 112 Å². The fraction of sp³-hybridized carbons (Fsp3) is 0.385. The van der Waals surface area contributed by atoms with Crippen LogP contribution in [0.2, 0.25) is 0 Å². The number of aldehydes is 1. The van der Waals surface area contributed by atoms with Crippen LogP contribution in [0.25, 0.3) is 21.5 Å². The van der Waals surface area contributed by atoms with E-state index in [0.717, 1.165) is 182 Å². The molecule has 0 radical (unpaired) electrons. The molecule has 121 heavy (non-hydrogen) atoms. The van der Waals surface area contributed by atoms with Gasteiger partial charge in [0.25, 0.3) is 23.6 Å². The minimum atomic E-state index is -0.979. The number of benzene rings is 5. The van der Waals surface area contributed by atoms with Crippen molar-refractivity contribution in [3.05, 3.63) is 204 Å². The number of amides is 9. The first-order valence-corrected chi connectivity index (χ1v) is 41.4. The Kier molecular flexibility index (Phi) is 28.0. The van der Waals surface area contributed by atoms with Crippen LogP contribution >= 0.6 is 0 Å². The Morgan fingerprint density at radius 2 is 0.967 bits per heavy atom. The first kappa shape index (κ1) is 84.8. The molecule has 12 heterocycles. The molecule has 30 heteroatoms. The normalized spacial score (nSPS) is 18.2. The zero-order chi connectivity index (χ0) is 84.5. The molecule has 9 amide bonds. The van der Waals surface area contributed by atoms with E-state index in [0.29, 0.717) is 63.4 Å². The van der Waals surface area contributed by atoms with Crippen molar-refractivity contribution < 1.29 is 76.7 Å². The number of nitrogens with one attached hydrogen (secondary N) is 4. The minimum absolute atomic E-state index is 0.0823. The monoisotopic (exact) mass is 1640 g/mol. The summed E-state index contributed by atoms with van der Waals surface area (Å²) in [5.74, 6) is -1.61. The van der Waals surface area contributed by atoms with Crippen LogP contribution in [0.5, 0.6) is 11.5 Å². The highest BCUT2D eigenvalue weighted by molar-refractivity contribution is 6.24. The Bertz CT molecular complexity index is 5280. The largest absolute Gasteiger partial charge is 0.494 e. The summed E-state index contributed by atoms with van der Waals surface area (Å²) in [6, 6.07) is 38.0. The third-order valence-electron chi connectivity index (χ3n) is 22.8. The maximum atomic E-state index is 13.1. The summed E-state index contributed by atoms with van der Waals surface area (Å²) in [5.41, 5.74) is 8.53. The molecule has 2 unspecified atom stereocenters. The number of nitrogens with zero attached hydrogens (tertiary/aromatic N) is 10. The van der Waals surface area contributed by atoms with Crippen molar-refractivity contribution in [1.29, 1.82) is 0 Å². The van der Waals surface area contributed by atoms with Crippen molar-refractivity contribution in [2.45, 2.75) is 147 Å².